The van der Waals surface area contributed by atoms with Gasteiger partial charge in [-0.25, -0.2) is 0 Å². The summed E-state index contributed by atoms with van der Waals surface area (Å²) in [6.45, 7) is 3.58. The SMILES string of the molecule is COCC[C@@]1(C(=O)O)CCCN(c2cc(N3CCCC3)nc(N)n2)C1. The lowest BCUT2D eigenvalue weighted by atomic mass is 9.77. The Hall–Kier alpha value is -2.09. The standard InChI is InChI=1S/C17H27N5O3/c1-25-10-6-17(15(23)24)5-4-9-22(12-17)14-11-13(19-16(18)20-14)21-7-2-3-8-21/h11H,2-10,12H2,1H3,(H,23,24)(H2,18,19,20)/t17-/m0/s1. The maximum absolute atomic E-state index is 12.0. The quantitative estimate of drug-likeness (QED) is 0.793. The van der Waals surface area contributed by atoms with Gasteiger partial charge in [0, 0.05) is 46.0 Å². The van der Waals surface area contributed by atoms with Crippen LogP contribution < -0.4 is 15.5 Å². The van der Waals surface area contributed by atoms with Gasteiger partial charge < -0.3 is 25.4 Å². The number of carboxylic acids is 1. The minimum Gasteiger partial charge on any atom is -0.481 e. The van der Waals surface area contributed by atoms with E-state index in [0.717, 1.165) is 50.5 Å². The Morgan fingerprint density at radius 3 is 2.52 bits per heavy atom. The summed E-state index contributed by atoms with van der Waals surface area (Å²) in [5.41, 5.74) is 5.13. The van der Waals surface area contributed by atoms with Gasteiger partial charge in [-0.3, -0.25) is 4.79 Å². The molecule has 2 fully saturated rings. The molecule has 1 aromatic rings. The van der Waals surface area contributed by atoms with Crippen LogP contribution in [0.4, 0.5) is 17.6 Å². The fraction of sp³-hybridized carbons (Fsp3) is 0.706. The second-order valence-corrected chi connectivity index (χ2v) is 6.99. The molecule has 3 heterocycles. The van der Waals surface area contributed by atoms with Crippen LogP contribution in [0.5, 0.6) is 0 Å². The smallest absolute Gasteiger partial charge is 0.311 e. The van der Waals surface area contributed by atoms with E-state index in [4.69, 9.17) is 10.5 Å². The highest BCUT2D eigenvalue weighted by atomic mass is 16.5. The number of anilines is 3. The van der Waals surface area contributed by atoms with Crippen LogP contribution >= 0.6 is 0 Å². The normalized spacial score (nSPS) is 23.9. The van der Waals surface area contributed by atoms with Crippen molar-refractivity contribution in [1.29, 1.82) is 0 Å². The number of hydrogen-bond acceptors (Lipinski definition) is 7. The number of hydrogen-bond donors (Lipinski definition) is 2. The molecule has 2 aliphatic rings. The van der Waals surface area contributed by atoms with E-state index in [0.29, 0.717) is 26.0 Å². The first-order chi connectivity index (χ1) is 12.0. The summed E-state index contributed by atoms with van der Waals surface area (Å²) in [5.74, 6) is 1.03. The van der Waals surface area contributed by atoms with Crippen molar-refractivity contribution < 1.29 is 14.6 Å². The molecule has 25 heavy (non-hydrogen) atoms. The van der Waals surface area contributed by atoms with Crippen LogP contribution in [0.3, 0.4) is 0 Å². The van der Waals surface area contributed by atoms with Crippen LogP contribution in [0.15, 0.2) is 6.07 Å². The van der Waals surface area contributed by atoms with Crippen molar-refractivity contribution in [1.82, 2.24) is 9.97 Å². The fourth-order valence-corrected chi connectivity index (χ4v) is 3.82. The fourth-order valence-electron chi connectivity index (χ4n) is 3.82. The largest absolute Gasteiger partial charge is 0.481 e. The molecule has 3 rings (SSSR count). The molecular weight excluding hydrogens is 322 g/mol. The molecule has 138 valence electrons. The molecule has 0 saturated carbocycles. The second-order valence-electron chi connectivity index (χ2n) is 6.99. The zero-order valence-electron chi connectivity index (χ0n) is 14.8. The number of nitrogens with two attached hydrogens (primary N) is 1. The Bertz CT molecular complexity index is 620. The van der Waals surface area contributed by atoms with Gasteiger partial charge in [0.2, 0.25) is 5.95 Å². The molecule has 0 radical (unpaired) electrons. The van der Waals surface area contributed by atoms with Crippen LogP contribution in [0.2, 0.25) is 0 Å². The summed E-state index contributed by atoms with van der Waals surface area (Å²) < 4.78 is 5.13. The summed E-state index contributed by atoms with van der Waals surface area (Å²) in [4.78, 5) is 24.9. The van der Waals surface area contributed by atoms with E-state index in [9.17, 15) is 9.90 Å². The summed E-state index contributed by atoms with van der Waals surface area (Å²) in [5, 5.41) is 9.81. The topological polar surface area (TPSA) is 105 Å². The van der Waals surface area contributed by atoms with Crippen molar-refractivity contribution in [3.05, 3.63) is 6.07 Å². The van der Waals surface area contributed by atoms with Crippen LogP contribution in [0.1, 0.15) is 32.1 Å². The number of piperidine rings is 1. The van der Waals surface area contributed by atoms with Gasteiger partial charge in [0.25, 0.3) is 0 Å². The highest BCUT2D eigenvalue weighted by molar-refractivity contribution is 5.76. The lowest BCUT2D eigenvalue weighted by molar-refractivity contribution is -0.150. The van der Waals surface area contributed by atoms with E-state index < -0.39 is 11.4 Å². The minimum absolute atomic E-state index is 0.239. The molecule has 3 N–H and O–H groups in total. The highest BCUT2D eigenvalue weighted by Crippen LogP contribution is 2.36. The van der Waals surface area contributed by atoms with E-state index in [1.165, 1.54) is 0 Å². The molecule has 8 heteroatoms. The predicted molar refractivity (Wildman–Crippen MR) is 95.9 cm³/mol. The van der Waals surface area contributed by atoms with Crippen molar-refractivity contribution in [2.75, 3.05) is 55.4 Å². The van der Waals surface area contributed by atoms with E-state index >= 15 is 0 Å². The molecular formula is C17H27N5O3. The summed E-state index contributed by atoms with van der Waals surface area (Å²) in [6.07, 6.45) is 4.26. The average Bonchev–Trinajstić information content (AvgIpc) is 3.14. The second kappa shape index (κ2) is 7.43. The van der Waals surface area contributed by atoms with Crippen LogP contribution in [0, 0.1) is 5.41 Å². The predicted octanol–water partition coefficient (Wildman–Crippen LogP) is 1.37. The maximum Gasteiger partial charge on any atom is 0.311 e. The van der Waals surface area contributed by atoms with Gasteiger partial charge in [-0.05, 0) is 32.1 Å². The molecule has 0 spiro atoms. The first-order valence-corrected chi connectivity index (χ1v) is 8.91. The number of aromatic nitrogens is 2. The number of nitrogens with zero attached hydrogens (tertiary/aromatic N) is 4. The summed E-state index contributed by atoms with van der Waals surface area (Å²) in [6, 6.07) is 1.94. The Morgan fingerprint density at radius 1 is 1.24 bits per heavy atom. The Labute approximate surface area is 148 Å². The van der Waals surface area contributed by atoms with Gasteiger partial charge in [-0.2, -0.15) is 9.97 Å². The molecule has 0 bridgehead atoms. The van der Waals surface area contributed by atoms with Crippen molar-refractivity contribution in [2.24, 2.45) is 5.41 Å². The number of nitrogen functional groups attached to an aromatic ring is 1. The van der Waals surface area contributed by atoms with Crippen molar-refractivity contribution in [3.63, 3.8) is 0 Å². The first kappa shape index (κ1) is 17.7. The van der Waals surface area contributed by atoms with Crippen LogP contribution in [-0.4, -0.2) is 60.9 Å². The Morgan fingerprint density at radius 2 is 1.88 bits per heavy atom. The van der Waals surface area contributed by atoms with Crippen molar-refractivity contribution in [3.8, 4) is 0 Å². The molecule has 8 nitrogen and oxygen atoms in total. The van der Waals surface area contributed by atoms with Gasteiger partial charge in [-0.1, -0.05) is 0 Å². The number of ether oxygens (including phenoxy) is 1. The highest BCUT2D eigenvalue weighted by Gasteiger charge is 2.42. The van der Waals surface area contributed by atoms with Crippen LogP contribution in [-0.2, 0) is 9.53 Å². The number of carboxylic acid groups (broad SMARTS) is 1. The summed E-state index contributed by atoms with van der Waals surface area (Å²) in [7, 11) is 1.60. The lowest BCUT2D eigenvalue weighted by Gasteiger charge is -2.40. The van der Waals surface area contributed by atoms with E-state index in [1.54, 1.807) is 7.11 Å². The average molecular weight is 349 g/mol. The molecule has 0 unspecified atom stereocenters. The molecule has 1 atom stereocenters. The maximum atomic E-state index is 12.0. The molecule has 2 saturated heterocycles. The van der Waals surface area contributed by atoms with Gasteiger partial charge in [0.1, 0.15) is 11.6 Å². The van der Waals surface area contributed by atoms with Gasteiger partial charge >= 0.3 is 5.97 Å². The third-order valence-corrected chi connectivity index (χ3v) is 5.29. The zero-order chi connectivity index (χ0) is 17.9. The Balaban J connectivity index is 1.84. The molecule has 1 aromatic heterocycles. The third kappa shape index (κ3) is 3.78. The van der Waals surface area contributed by atoms with E-state index in [2.05, 4.69) is 14.9 Å². The monoisotopic (exact) mass is 349 g/mol. The number of carbonyl (C=O) groups is 1. The number of methoxy groups -OCH3 is 1. The van der Waals surface area contributed by atoms with E-state index in [-0.39, 0.29) is 5.95 Å². The lowest BCUT2D eigenvalue weighted by Crippen LogP contribution is -2.49. The molecule has 0 aliphatic carbocycles. The number of aliphatic carboxylic acids is 1. The minimum atomic E-state index is -0.804. The molecule has 2 aliphatic heterocycles. The number of rotatable bonds is 6. The van der Waals surface area contributed by atoms with Crippen molar-refractivity contribution >= 4 is 23.6 Å². The van der Waals surface area contributed by atoms with Gasteiger partial charge in [-0.15, -0.1) is 0 Å². The van der Waals surface area contributed by atoms with Gasteiger partial charge in [0.15, 0.2) is 0 Å². The van der Waals surface area contributed by atoms with E-state index in [1.807, 2.05) is 11.0 Å². The van der Waals surface area contributed by atoms with Crippen molar-refractivity contribution in [2.45, 2.75) is 32.1 Å². The third-order valence-electron chi connectivity index (χ3n) is 5.29. The summed E-state index contributed by atoms with van der Waals surface area (Å²) >= 11 is 0. The molecule has 0 amide bonds. The molecule has 0 aromatic carbocycles. The van der Waals surface area contributed by atoms with Gasteiger partial charge in [0.05, 0.1) is 5.41 Å². The first-order valence-electron chi connectivity index (χ1n) is 8.91. The Kier molecular flexibility index (Phi) is 5.27. The van der Waals surface area contributed by atoms with Crippen LogP contribution in [0.25, 0.3) is 0 Å². The zero-order valence-corrected chi connectivity index (χ0v) is 14.8.